The molecule has 0 aliphatic carbocycles. The number of carbonyl (C=O) groups excluding carboxylic acids is 2. The zero-order valence-corrected chi connectivity index (χ0v) is 24.7. The average molecular weight is 544 g/mol. The molecule has 5 atom stereocenters. The second kappa shape index (κ2) is 14.5. The minimum absolute atomic E-state index is 0.0625. The Kier molecular flexibility index (Phi) is 13.0. The molecule has 0 aliphatic rings. The van der Waals surface area contributed by atoms with E-state index >= 15 is 0 Å². The highest BCUT2D eigenvalue weighted by Crippen LogP contribution is 2.32. The maximum Gasteiger partial charge on any atom is 0.309 e. The first-order valence-electron chi connectivity index (χ1n) is 13.0. The summed E-state index contributed by atoms with van der Waals surface area (Å²) in [5.41, 5.74) is -0.972. The molecule has 0 amide bonds. The lowest BCUT2D eigenvalue weighted by molar-refractivity contribution is -0.159. The number of aryl methyl sites for hydroxylation is 1. The van der Waals surface area contributed by atoms with Crippen LogP contribution in [0.2, 0.25) is 0 Å². The Hall–Kier alpha value is -1.68. The van der Waals surface area contributed by atoms with Crippen molar-refractivity contribution < 1.29 is 33.7 Å². The van der Waals surface area contributed by atoms with Crippen LogP contribution >= 0.6 is 11.3 Å². The fourth-order valence-corrected chi connectivity index (χ4v) is 4.59. The minimum atomic E-state index is -1.32. The summed E-state index contributed by atoms with van der Waals surface area (Å²) < 4.78 is 24.6. The first-order chi connectivity index (χ1) is 17.0. The second-order valence-corrected chi connectivity index (χ2v) is 12.3. The fraction of sp³-hybridized carbons (Fsp3) is 0.750. The summed E-state index contributed by atoms with van der Waals surface area (Å²) in [4.78, 5) is 30.4. The monoisotopic (exact) mass is 543 g/mol. The zero-order chi connectivity index (χ0) is 28.6. The zero-order valence-electron chi connectivity index (χ0n) is 23.8. The molecule has 0 radical (unpaired) electrons. The van der Waals surface area contributed by atoms with Crippen LogP contribution in [0.3, 0.4) is 0 Å². The third-order valence-corrected chi connectivity index (χ3v) is 7.61. The quantitative estimate of drug-likeness (QED) is 0.272. The predicted octanol–water partition coefficient (Wildman–Crippen LogP) is 5.31. The number of halogens is 1. The number of thiazole rings is 1. The van der Waals surface area contributed by atoms with Crippen LogP contribution in [0.15, 0.2) is 11.0 Å². The number of alkyl halides is 1. The van der Waals surface area contributed by atoms with Gasteiger partial charge in [0.05, 0.1) is 47.0 Å². The van der Waals surface area contributed by atoms with Gasteiger partial charge in [-0.1, -0.05) is 41.0 Å². The molecule has 0 saturated heterocycles. The van der Waals surface area contributed by atoms with Crippen molar-refractivity contribution in [3.8, 4) is 0 Å². The number of ether oxygens (including phenoxy) is 2. The third kappa shape index (κ3) is 10.2. The number of ketones is 1. The van der Waals surface area contributed by atoms with Gasteiger partial charge in [-0.2, -0.15) is 0 Å². The van der Waals surface area contributed by atoms with E-state index in [1.165, 1.54) is 11.3 Å². The molecule has 0 bridgehead atoms. The number of hydrogen-bond acceptors (Lipinski definition) is 8. The van der Waals surface area contributed by atoms with Crippen molar-refractivity contribution in [1.82, 2.24) is 4.98 Å². The SMILES string of the molecule is CCC[C@H](C)[C@H](O)[C@@H](C)C(=O)C(C)(C)[C@@H](O)CC(=O)O[C@@H](COC(C)(C)CF)/C(C)=C/c1csc(C)n1. The highest BCUT2D eigenvalue weighted by atomic mass is 32.1. The topological polar surface area (TPSA) is 106 Å². The number of carbonyl (C=O) groups is 2. The molecular formula is C28H46FNO6S. The molecule has 9 heteroatoms. The molecule has 0 spiro atoms. The molecule has 0 fully saturated rings. The van der Waals surface area contributed by atoms with E-state index in [0.717, 1.165) is 17.8 Å². The van der Waals surface area contributed by atoms with Crippen molar-refractivity contribution in [3.63, 3.8) is 0 Å². The Labute approximate surface area is 225 Å². The van der Waals surface area contributed by atoms with Gasteiger partial charge in [-0.25, -0.2) is 9.37 Å². The predicted molar refractivity (Wildman–Crippen MR) is 145 cm³/mol. The van der Waals surface area contributed by atoms with Crippen molar-refractivity contribution in [2.24, 2.45) is 17.3 Å². The lowest BCUT2D eigenvalue weighted by Gasteiger charge is -2.34. The molecule has 1 rings (SSSR count). The molecule has 1 heterocycles. The van der Waals surface area contributed by atoms with Crippen LogP contribution in [0.25, 0.3) is 6.08 Å². The van der Waals surface area contributed by atoms with Crippen LogP contribution in [0.5, 0.6) is 0 Å². The van der Waals surface area contributed by atoms with Gasteiger partial charge < -0.3 is 19.7 Å². The van der Waals surface area contributed by atoms with Gasteiger partial charge in [-0.15, -0.1) is 11.3 Å². The van der Waals surface area contributed by atoms with Crippen LogP contribution in [0, 0.1) is 24.2 Å². The number of hydrogen-bond donors (Lipinski definition) is 2. The van der Waals surface area contributed by atoms with Crippen molar-refractivity contribution in [3.05, 3.63) is 21.7 Å². The summed E-state index contributed by atoms with van der Waals surface area (Å²) in [6.45, 7) is 14.8. The van der Waals surface area contributed by atoms with E-state index < -0.39 is 54.3 Å². The highest BCUT2D eigenvalue weighted by molar-refractivity contribution is 7.09. The molecule has 2 N–H and O–H groups in total. The number of aliphatic hydroxyl groups is 2. The van der Waals surface area contributed by atoms with Crippen molar-refractivity contribution in [2.45, 2.75) is 105 Å². The summed E-state index contributed by atoms with van der Waals surface area (Å²) in [6, 6.07) is 0. The molecular weight excluding hydrogens is 497 g/mol. The molecule has 0 aromatic carbocycles. The van der Waals surface area contributed by atoms with Gasteiger partial charge >= 0.3 is 5.97 Å². The molecule has 0 unspecified atom stereocenters. The number of nitrogens with zero attached hydrogens (tertiary/aromatic N) is 1. The Morgan fingerprint density at radius 3 is 2.35 bits per heavy atom. The summed E-state index contributed by atoms with van der Waals surface area (Å²) in [5, 5.41) is 24.3. The number of aromatic nitrogens is 1. The Balaban J connectivity index is 2.98. The van der Waals surface area contributed by atoms with Crippen LogP contribution < -0.4 is 0 Å². The Bertz CT molecular complexity index is 912. The number of rotatable bonds is 16. The largest absolute Gasteiger partial charge is 0.455 e. The van der Waals surface area contributed by atoms with Crippen molar-refractivity contribution in [2.75, 3.05) is 13.3 Å². The summed E-state index contributed by atoms with van der Waals surface area (Å²) in [6.07, 6.45) is 0.0358. The van der Waals surface area contributed by atoms with Gasteiger partial charge in [-0.05, 0) is 51.7 Å². The molecule has 1 aromatic heterocycles. The highest BCUT2D eigenvalue weighted by Gasteiger charge is 2.42. The van der Waals surface area contributed by atoms with E-state index in [1.807, 2.05) is 26.2 Å². The minimum Gasteiger partial charge on any atom is -0.455 e. The van der Waals surface area contributed by atoms with E-state index in [4.69, 9.17) is 9.47 Å². The Morgan fingerprint density at radius 2 is 1.84 bits per heavy atom. The molecule has 0 aliphatic heterocycles. The van der Waals surface area contributed by atoms with Crippen LogP contribution in [-0.2, 0) is 19.1 Å². The molecule has 212 valence electrons. The van der Waals surface area contributed by atoms with E-state index in [1.54, 1.807) is 47.6 Å². The first kappa shape index (κ1) is 33.3. The number of aliphatic hydroxyl groups excluding tert-OH is 2. The lowest BCUT2D eigenvalue weighted by Crippen LogP contribution is -2.45. The number of esters is 1. The summed E-state index contributed by atoms with van der Waals surface area (Å²) >= 11 is 1.49. The van der Waals surface area contributed by atoms with Crippen molar-refractivity contribution in [1.29, 1.82) is 0 Å². The van der Waals surface area contributed by atoms with Gasteiger partial charge in [0.1, 0.15) is 18.6 Å². The van der Waals surface area contributed by atoms with Gasteiger partial charge in [0, 0.05) is 11.3 Å². The normalized spacial score (nSPS) is 17.1. The van der Waals surface area contributed by atoms with Crippen LogP contribution in [0.1, 0.15) is 85.4 Å². The first-order valence-corrected chi connectivity index (χ1v) is 13.8. The van der Waals surface area contributed by atoms with Crippen molar-refractivity contribution >= 4 is 29.2 Å². The van der Waals surface area contributed by atoms with Crippen LogP contribution in [0.4, 0.5) is 4.39 Å². The maximum absolute atomic E-state index is 13.3. The Morgan fingerprint density at radius 1 is 1.22 bits per heavy atom. The summed E-state index contributed by atoms with van der Waals surface area (Å²) in [7, 11) is 0. The van der Waals surface area contributed by atoms with Gasteiger partial charge in [0.15, 0.2) is 0 Å². The average Bonchev–Trinajstić information content (AvgIpc) is 3.24. The van der Waals surface area contributed by atoms with Crippen LogP contribution in [-0.4, -0.2) is 64.1 Å². The van der Waals surface area contributed by atoms with Gasteiger partial charge in [0.25, 0.3) is 0 Å². The molecule has 1 aromatic rings. The number of Topliss-reactive ketones (excluding diaryl/α,β-unsaturated/α-hetero) is 1. The maximum atomic E-state index is 13.3. The van der Waals surface area contributed by atoms with Gasteiger partial charge in [0.2, 0.25) is 0 Å². The second-order valence-electron chi connectivity index (χ2n) is 11.2. The summed E-state index contributed by atoms with van der Waals surface area (Å²) in [5.74, 6) is -1.79. The van der Waals surface area contributed by atoms with E-state index in [9.17, 15) is 24.2 Å². The van der Waals surface area contributed by atoms with Gasteiger partial charge in [-0.3, -0.25) is 9.59 Å². The molecule has 7 nitrogen and oxygen atoms in total. The lowest BCUT2D eigenvalue weighted by atomic mass is 9.73. The molecule has 0 saturated carbocycles. The standard InChI is InChI=1S/C28H46FNO6S/c1-10-11-17(2)25(33)19(4)26(34)28(8,9)23(31)13-24(32)36-22(14-35-27(6,7)16-29)18(3)12-21-15-37-20(5)30-21/h12,15,17,19,22-23,25,31,33H,10-11,13-14,16H2,1-9H3/b18-12+/t17-,19+,22-,23-,25-/m0/s1. The fourth-order valence-electron chi connectivity index (χ4n) is 4.02. The van der Waals surface area contributed by atoms with E-state index in [2.05, 4.69) is 4.98 Å². The molecule has 37 heavy (non-hydrogen) atoms. The third-order valence-electron chi connectivity index (χ3n) is 6.82. The smallest absolute Gasteiger partial charge is 0.309 e. The van der Waals surface area contributed by atoms with E-state index in [-0.39, 0.29) is 18.3 Å². The van der Waals surface area contributed by atoms with E-state index in [0.29, 0.717) is 11.3 Å².